The largest absolute Gasteiger partial charge is 0.462 e. The van der Waals surface area contributed by atoms with E-state index in [0.29, 0.717) is 5.75 Å². The van der Waals surface area contributed by atoms with Crippen LogP contribution in [0.1, 0.15) is 25.0 Å². The maximum Gasteiger partial charge on any atom is 0.229 e. The molecule has 5 atom stereocenters. The molecule has 6 heteroatoms. The van der Waals surface area contributed by atoms with Gasteiger partial charge in [0.15, 0.2) is 0 Å². The molecule has 1 aliphatic rings. The van der Waals surface area contributed by atoms with Crippen LogP contribution in [0.3, 0.4) is 0 Å². The number of aryl methyl sites for hydroxylation is 1. The van der Waals surface area contributed by atoms with E-state index in [1.165, 1.54) is 0 Å². The van der Waals surface area contributed by atoms with Crippen LogP contribution in [0.4, 0.5) is 0 Å². The Morgan fingerprint density at radius 3 is 2.40 bits per heavy atom. The molecule has 1 saturated heterocycles. The van der Waals surface area contributed by atoms with Crippen LogP contribution in [0, 0.1) is 6.92 Å². The standard InChI is InChI=1S/C24H26O6/c1-4-5-15-6-11-19-18(12-15)13(2)23(30-19)16-7-9-17(10-8-16)29-24-22(27)21(26)20(25)14(3)28-24/h4-12,14,20-22,24-27H,1-3H3/t14-,20-,21+,22+,24+/m1/s1. The predicted octanol–water partition coefficient (Wildman–Crippen LogP) is 3.65. The van der Waals surface area contributed by atoms with E-state index >= 15 is 0 Å². The first-order valence-corrected chi connectivity index (χ1v) is 10.0. The van der Waals surface area contributed by atoms with E-state index in [0.717, 1.165) is 33.4 Å². The number of allylic oxidation sites excluding steroid dienone is 1. The molecule has 0 bridgehead atoms. The molecule has 0 radical (unpaired) electrons. The molecule has 4 rings (SSSR count). The number of fused-ring (bicyclic) bond motifs is 1. The van der Waals surface area contributed by atoms with Gasteiger partial charge < -0.3 is 29.2 Å². The number of hydrogen-bond acceptors (Lipinski definition) is 6. The molecule has 0 saturated carbocycles. The van der Waals surface area contributed by atoms with E-state index in [-0.39, 0.29) is 0 Å². The summed E-state index contributed by atoms with van der Waals surface area (Å²) < 4.78 is 17.3. The second-order valence-corrected chi connectivity index (χ2v) is 7.64. The molecule has 0 unspecified atom stereocenters. The lowest BCUT2D eigenvalue weighted by Gasteiger charge is -2.38. The highest BCUT2D eigenvalue weighted by atomic mass is 16.7. The summed E-state index contributed by atoms with van der Waals surface area (Å²) in [6.45, 7) is 5.64. The van der Waals surface area contributed by atoms with Crippen molar-refractivity contribution >= 4 is 17.0 Å². The Morgan fingerprint density at radius 1 is 0.967 bits per heavy atom. The Labute approximate surface area is 175 Å². The lowest BCUT2D eigenvalue weighted by atomic mass is 10.00. The normalized spacial score (nSPS) is 27.1. The minimum absolute atomic E-state index is 0.475. The zero-order chi connectivity index (χ0) is 21.4. The highest BCUT2D eigenvalue weighted by Gasteiger charge is 2.43. The second kappa shape index (κ2) is 8.24. The summed E-state index contributed by atoms with van der Waals surface area (Å²) in [7, 11) is 0. The molecule has 6 nitrogen and oxygen atoms in total. The third kappa shape index (κ3) is 3.75. The van der Waals surface area contributed by atoms with Gasteiger partial charge in [0.2, 0.25) is 6.29 Å². The van der Waals surface area contributed by atoms with Gasteiger partial charge in [0, 0.05) is 16.5 Å². The summed E-state index contributed by atoms with van der Waals surface area (Å²) in [5.41, 5.74) is 3.91. The van der Waals surface area contributed by atoms with Crippen LogP contribution < -0.4 is 4.74 Å². The molecule has 3 N–H and O–H groups in total. The third-order valence-corrected chi connectivity index (χ3v) is 5.50. The molecule has 30 heavy (non-hydrogen) atoms. The summed E-state index contributed by atoms with van der Waals surface area (Å²) in [5, 5.41) is 30.9. The molecule has 0 amide bonds. The van der Waals surface area contributed by atoms with Crippen LogP contribution in [0.25, 0.3) is 28.4 Å². The van der Waals surface area contributed by atoms with Crippen LogP contribution in [-0.4, -0.2) is 46.0 Å². The Kier molecular flexibility index (Phi) is 5.66. The Bertz CT molecular complexity index is 1050. The minimum Gasteiger partial charge on any atom is -0.462 e. The van der Waals surface area contributed by atoms with Gasteiger partial charge in [0.05, 0.1) is 6.10 Å². The van der Waals surface area contributed by atoms with Gasteiger partial charge in [-0.25, -0.2) is 0 Å². The van der Waals surface area contributed by atoms with Gasteiger partial charge in [-0.05, 0) is 62.7 Å². The predicted molar refractivity (Wildman–Crippen MR) is 114 cm³/mol. The number of hydrogen-bond donors (Lipinski definition) is 3. The molecule has 0 aliphatic carbocycles. The lowest BCUT2D eigenvalue weighted by molar-refractivity contribution is -0.268. The van der Waals surface area contributed by atoms with Crippen LogP contribution in [0.2, 0.25) is 0 Å². The van der Waals surface area contributed by atoms with Gasteiger partial charge in [-0.3, -0.25) is 0 Å². The molecule has 158 valence electrons. The molecule has 2 heterocycles. The fraction of sp³-hybridized carbons (Fsp3) is 0.333. The molecule has 2 aromatic carbocycles. The first-order chi connectivity index (χ1) is 14.4. The summed E-state index contributed by atoms with van der Waals surface area (Å²) in [6, 6.07) is 13.4. The van der Waals surface area contributed by atoms with Gasteiger partial charge in [-0.1, -0.05) is 18.2 Å². The summed E-state index contributed by atoms with van der Waals surface area (Å²) >= 11 is 0. The average molecular weight is 410 g/mol. The molecular weight excluding hydrogens is 384 g/mol. The number of furan rings is 1. The van der Waals surface area contributed by atoms with Crippen molar-refractivity contribution in [1.29, 1.82) is 0 Å². The average Bonchev–Trinajstić information content (AvgIpc) is 3.07. The van der Waals surface area contributed by atoms with Crippen LogP contribution in [0.15, 0.2) is 53.0 Å². The molecule has 3 aromatic rings. The summed E-state index contributed by atoms with van der Waals surface area (Å²) in [6.07, 6.45) is -1.50. The van der Waals surface area contributed by atoms with E-state index in [1.54, 1.807) is 19.1 Å². The van der Waals surface area contributed by atoms with E-state index in [1.807, 2.05) is 44.2 Å². The molecule has 0 spiro atoms. The SMILES string of the molecule is CC=Cc1ccc2oc(-c3ccc(O[C@@H]4O[C@H](C)[C@@H](O)[C@H](O)[C@@H]4O)cc3)c(C)c2c1. The zero-order valence-corrected chi connectivity index (χ0v) is 17.1. The lowest BCUT2D eigenvalue weighted by Crippen LogP contribution is -2.58. The van der Waals surface area contributed by atoms with Crippen molar-refractivity contribution in [2.75, 3.05) is 0 Å². The Balaban J connectivity index is 1.56. The first kappa shape index (κ1) is 20.6. The van der Waals surface area contributed by atoms with Gasteiger partial charge >= 0.3 is 0 Å². The van der Waals surface area contributed by atoms with Crippen LogP contribution >= 0.6 is 0 Å². The first-order valence-electron chi connectivity index (χ1n) is 10.0. The second-order valence-electron chi connectivity index (χ2n) is 7.64. The molecule has 1 aromatic heterocycles. The zero-order valence-electron chi connectivity index (χ0n) is 17.1. The van der Waals surface area contributed by atoms with E-state index in [9.17, 15) is 15.3 Å². The fourth-order valence-corrected chi connectivity index (χ4v) is 3.74. The third-order valence-electron chi connectivity index (χ3n) is 5.50. The topological polar surface area (TPSA) is 92.3 Å². The van der Waals surface area contributed by atoms with Gasteiger partial charge in [0.1, 0.15) is 35.4 Å². The van der Waals surface area contributed by atoms with Crippen LogP contribution in [-0.2, 0) is 4.74 Å². The molecular formula is C24H26O6. The van der Waals surface area contributed by atoms with Crippen LogP contribution in [0.5, 0.6) is 5.75 Å². The number of benzene rings is 2. The maximum absolute atomic E-state index is 10.1. The molecule has 1 fully saturated rings. The maximum atomic E-state index is 10.1. The van der Waals surface area contributed by atoms with Gasteiger partial charge in [-0.2, -0.15) is 0 Å². The van der Waals surface area contributed by atoms with Crippen molar-refractivity contribution in [3.8, 4) is 17.1 Å². The Hall–Kier alpha value is -2.64. The number of aliphatic hydroxyl groups is 3. The fourth-order valence-electron chi connectivity index (χ4n) is 3.74. The summed E-state index contributed by atoms with van der Waals surface area (Å²) in [4.78, 5) is 0. The quantitative estimate of drug-likeness (QED) is 0.608. The van der Waals surface area contributed by atoms with Gasteiger partial charge in [-0.15, -0.1) is 0 Å². The van der Waals surface area contributed by atoms with Crippen molar-refractivity contribution < 1.29 is 29.2 Å². The number of rotatable bonds is 4. The van der Waals surface area contributed by atoms with Crippen molar-refractivity contribution in [1.82, 2.24) is 0 Å². The smallest absolute Gasteiger partial charge is 0.229 e. The molecule has 1 aliphatic heterocycles. The monoisotopic (exact) mass is 410 g/mol. The Morgan fingerprint density at radius 2 is 1.70 bits per heavy atom. The van der Waals surface area contributed by atoms with E-state index in [4.69, 9.17) is 13.9 Å². The summed E-state index contributed by atoms with van der Waals surface area (Å²) in [5.74, 6) is 1.26. The number of aliphatic hydroxyl groups excluding tert-OH is 3. The van der Waals surface area contributed by atoms with Crippen molar-refractivity contribution in [2.45, 2.75) is 51.5 Å². The van der Waals surface area contributed by atoms with Crippen molar-refractivity contribution in [2.24, 2.45) is 0 Å². The number of ether oxygens (including phenoxy) is 2. The highest BCUT2D eigenvalue weighted by molar-refractivity contribution is 5.89. The van der Waals surface area contributed by atoms with Gasteiger partial charge in [0.25, 0.3) is 0 Å². The van der Waals surface area contributed by atoms with Crippen molar-refractivity contribution in [3.63, 3.8) is 0 Å². The highest BCUT2D eigenvalue weighted by Crippen LogP contribution is 2.35. The van der Waals surface area contributed by atoms with E-state index < -0.39 is 30.7 Å². The van der Waals surface area contributed by atoms with E-state index in [2.05, 4.69) is 12.1 Å². The minimum atomic E-state index is -1.35. The van der Waals surface area contributed by atoms with Crippen molar-refractivity contribution in [3.05, 3.63) is 59.7 Å².